The summed E-state index contributed by atoms with van der Waals surface area (Å²) in [5.41, 5.74) is 0.676. The van der Waals surface area contributed by atoms with Crippen LogP contribution in [0.1, 0.15) is 34.6 Å². The minimum absolute atomic E-state index is 0.0262. The molecule has 0 saturated heterocycles. The lowest BCUT2D eigenvalue weighted by molar-refractivity contribution is 0.0956. The molecule has 1 amide bonds. The van der Waals surface area contributed by atoms with E-state index in [1.54, 1.807) is 26.0 Å². The standard InChI is InChI=1S/C17H16FN3O2/c1-4-9-19-16(22)15-10-11(2)20-21(17(15)23)12(3)13-5-7-14(18)8-6-13/h1,5-8,10,12H,9H2,2-3H3,(H,19,22). The molecule has 118 valence electrons. The van der Waals surface area contributed by atoms with Crippen molar-refractivity contribution in [3.63, 3.8) is 0 Å². The zero-order valence-corrected chi connectivity index (χ0v) is 12.8. The number of benzene rings is 1. The molecule has 2 aromatic rings. The highest BCUT2D eigenvalue weighted by Crippen LogP contribution is 2.16. The summed E-state index contributed by atoms with van der Waals surface area (Å²) in [6.07, 6.45) is 5.10. The normalized spacial score (nSPS) is 11.6. The predicted molar refractivity (Wildman–Crippen MR) is 84.6 cm³/mol. The first kappa shape index (κ1) is 16.4. The van der Waals surface area contributed by atoms with Crippen LogP contribution in [0, 0.1) is 25.1 Å². The Labute approximate surface area is 133 Å². The highest BCUT2D eigenvalue weighted by atomic mass is 19.1. The molecule has 2 rings (SSSR count). The van der Waals surface area contributed by atoms with Gasteiger partial charge in [-0.3, -0.25) is 9.59 Å². The molecular formula is C17H16FN3O2. The number of halogens is 1. The second kappa shape index (κ2) is 6.88. The van der Waals surface area contributed by atoms with E-state index in [0.717, 1.165) is 0 Å². The molecule has 0 aliphatic heterocycles. The molecule has 1 heterocycles. The Morgan fingerprint density at radius 1 is 1.43 bits per heavy atom. The van der Waals surface area contributed by atoms with Crippen molar-refractivity contribution in [2.45, 2.75) is 19.9 Å². The fourth-order valence-corrected chi connectivity index (χ4v) is 2.17. The lowest BCUT2D eigenvalue weighted by Crippen LogP contribution is -2.36. The Balaban J connectivity index is 2.45. The minimum Gasteiger partial charge on any atom is -0.341 e. The summed E-state index contributed by atoms with van der Waals surface area (Å²) in [5.74, 6) is 1.37. The Bertz CT molecular complexity index is 819. The van der Waals surface area contributed by atoms with Crippen molar-refractivity contribution in [3.05, 3.63) is 63.3 Å². The van der Waals surface area contributed by atoms with Crippen molar-refractivity contribution < 1.29 is 9.18 Å². The van der Waals surface area contributed by atoms with Gasteiger partial charge in [0.25, 0.3) is 11.5 Å². The van der Waals surface area contributed by atoms with Crippen molar-refractivity contribution in [2.24, 2.45) is 0 Å². The number of carbonyl (C=O) groups is 1. The van der Waals surface area contributed by atoms with E-state index >= 15 is 0 Å². The lowest BCUT2D eigenvalue weighted by Gasteiger charge is -2.16. The summed E-state index contributed by atoms with van der Waals surface area (Å²) in [6, 6.07) is 6.76. The van der Waals surface area contributed by atoms with Crippen molar-refractivity contribution >= 4 is 5.91 Å². The Morgan fingerprint density at radius 3 is 2.70 bits per heavy atom. The zero-order valence-electron chi connectivity index (χ0n) is 12.8. The average molecular weight is 313 g/mol. The zero-order chi connectivity index (χ0) is 17.0. The van der Waals surface area contributed by atoms with Gasteiger partial charge in [-0.1, -0.05) is 18.1 Å². The van der Waals surface area contributed by atoms with Gasteiger partial charge in [0, 0.05) is 0 Å². The van der Waals surface area contributed by atoms with Gasteiger partial charge in [0.15, 0.2) is 0 Å². The number of nitrogens with one attached hydrogen (secondary N) is 1. The fraction of sp³-hybridized carbons (Fsp3) is 0.235. The van der Waals surface area contributed by atoms with Crippen LogP contribution < -0.4 is 10.9 Å². The second-order valence-electron chi connectivity index (χ2n) is 5.06. The van der Waals surface area contributed by atoms with E-state index < -0.39 is 17.5 Å². The minimum atomic E-state index is -0.543. The Kier molecular flexibility index (Phi) is 4.91. The molecule has 1 aromatic heterocycles. The molecule has 23 heavy (non-hydrogen) atoms. The van der Waals surface area contributed by atoms with Crippen LogP contribution in [0.25, 0.3) is 0 Å². The van der Waals surface area contributed by atoms with Gasteiger partial charge in [-0.05, 0) is 37.6 Å². The monoisotopic (exact) mass is 313 g/mol. The molecule has 1 atom stereocenters. The predicted octanol–water partition coefficient (Wildman–Crippen LogP) is 1.66. The number of rotatable bonds is 4. The molecule has 0 radical (unpaired) electrons. The smallest absolute Gasteiger partial charge is 0.280 e. The molecule has 0 bridgehead atoms. The average Bonchev–Trinajstić information content (AvgIpc) is 2.54. The van der Waals surface area contributed by atoms with Gasteiger partial charge in [0.1, 0.15) is 11.4 Å². The maximum atomic E-state index is 13.0. The molecule has 1 N–H and O–H groups in total. The van der Waals surface area contributed by atoms with Gasteiger partial charge in [0.2, 0.25) is 0 Å². The number of aromatic nitrogens is 2. The highest BCUT2D eigenvalue weighted by molar-refractivity contribution is 5.94. The van der Waals surface area contributed by atoms with Crippen LogP contribution in [0.3, 0.4) is 0 Å². The summed E-state index contributed by atoms with van der Waals surface area (Å²) in [4.78, 5) is 24.6. The first-order valence-corrected chi connectivity index (χ1v) is 7.01. The van der Waals surface area contributed by atoms with Crippen LogP contribution in [0.5, 0.6) is 0 Å². The summed E-state index contributed by atoms with van der Waals surface area (Å²) in [7, 11) is 0. The molecule has 0 aliphatic carbocycles. The van der Waals surface area contributed by atoms with Crippen molar-refractivity contribution in [2.75, 3.05) is 6.54 Å². The van der Waals surface area contributed by atoms with Crippen LogP contribution in [0.4, 0.5) is 4.39 Å². The molecule has 5 nitrogen and oxygen atoms in total. The van der Waals surface area contributed by atoms with Crippen LogP contribution in [0.15, 0.2) is 35.1 Å². The van der Waals surface area contributed by atoms with Gasteiger partial charge >= 0.3 is 0 Å². The fourth-order valence-electron chi connectivity index (χ4n) is 2.17. The lowest BCUT2D eigenvalue weighted by atomic mass is 10.1. The van der Waals surface area contributed by atoms with Crippen molar-refractivity contribution in [1.29, 1.82) is 0 Å². The molecule has 1 unspecified atom stereocenters. The summed E-state index contributed by atoms with van der Waals surface area (Å²) < 4.78 is 14.2. The third-order valence-corrected chi connectivity index (χ3v) is 3.37. The number of hydrogen-bond donors (Lipinski definition) is 1. The number of aryl methyl sites for hydroxylation is 1. The quantitative estimate of drug-likeness (QED) is 0.873. The van der Waals surface area contributed by atoms with Gasteiger partial charge in [0.05, 0.1) is 18.3 Å². The van der Waals surface area contributed by atoms with Gasteiger partial charge < -0.3 is 5.32 Å². The molecule has 6 heteroatoms. The van der Waals surface area contributed by atoms with Crippen molar-refractivity contribution in [1.82, 2.24) is 15.1 Å². The van der Waals surface area contributed by atoms with E-state index in [1.165, 1.54) is 22.9 Å². The van der Waals surface area contributed by atoms with Crippen molar-refractivity contribution in [3.8, 4) is 12.3 Å². The number of amides is 1. The van der Waals surface area contributed by atoms with Crippen LogP contribution in [-0.2, 0) is 0 Å². The van der Waals surface area contributed by atoms with E-state index in [9.17, 15) is 14.0 Å². The number of hydrogen-bond acceptors (Lipinski definition) is 3. The Hall–Kier alpha value is -2.94. The van der Waals surface area contributed by atoms with Crippen LogP contribution in [0.2, 0.25) is 0 Å². The first-order chi connectivity index (χ1) is 10.9. The molecule has 0 saturated carbocycles. The second-order valence-corrected chi connectivity index (χ2v) is 5.06. The molecule has 1 aromatic carbocycles. The van der Waals surface area contributed by atoms with Gasteiger partial charge in [-0.25, -0.2) is 9.07 Å². The van der Waals surface area contributed by atoms with Gasteiger partial charge in [-0.15, -0.1) is 6.42 Å². The molecule has 0 spiro atoms. The molecule has 0 fully saturated rings. The highest BCUT2D eigenvalue weighted by Gasteiger charge is 2.18. The van der Waals surface area contributed by atoms with Crippen LogP contribution in [-0.4, -0.2) is 22.2 Å². The van der Waals surface area contributed by atoms with E-state index in [-0.39, 0.29) is 17.9 Å². The number of carbonyl (C=O) groups excluding carboxylic acids is 1. The number of nitrogens with zero attached hydrogens (tertiary/aromatic N) is 2. The van der Waals surface area contributed by atoms with E-state index in [4.69, 9.17) is 6.42 Å². The third-order valence-electron chi connectivity index (χ3n) is 3.37. The Morgan fingerprint density at radius 2 is 2.09 bits per heavy atom. The largest absolute Gasteiger partial charge is 0.341 e. The maximum Gasteiger partial charge on any atom is 0.280 e. The van der Waals surface area contributed by atoms with Gasteiger partial charge in [-0.2, -0.15) is 5.10 Å². The summed E-state index contributed by atoms with van der Waals surface area (Å²) in [5, 5.41) is 6.65. The van der Waals surface area contributed by atoms with E-state index in [2.05, 4.69) is 16.3 Å². The first-order valence-electron chi connectivity index (χ1n) is 7.01. The topological polar surface area (TPSA) is 64.0 Å². The SMILES string of the molecule is C#CCNC(=O)c1cc(C)nn(C(C)c2ccc(F)cc2)c1=O. The third kappa shape index (κ3) is 3.64. The van der Waals surface area contributed by atoms with E-state index in [1.807, 2.05) is 0 Å². The summed E-state index contributed by atoms with van der Waals surface area (Å²) in [6.45, 7) is 3.47. The van der Waals surface area contributed by atoms with E-state index in [0.29, 0.717) is 11.3 Å². The number of terminal acetylenes is 1. The molecule has 0 aliphatic rings. The summed E-state index contributed by atoms with van der Waals surface area (Å²) >= 11 is 0. The molecular weight excluding hydrogens is 297 g/mol. The van der Waals surface area contributed by atoms with Crippen LogP contribution >= 0.6 is 0 Å². The maximum absolute atomic E-state index is 13.0.